The second-order valence-corrected chi connectivity index (χ2v) is 7.30. The van der Waals surface area contributed by atoms with Crippen LogP contribution in [0.5, 0.6) is 0 Å². The van der Waals surface area contributed by atoms with Gasteiger partial charge in [0.05, 0.1) is 6.42 Å². The van der Waals surface area contributed by atoms with E-state index in [9.17, 15) is 9.59 Å². The van der Waals surface area contributed by atoms with Crippen molar-refractivity contribution in [2.45, 2.75) is 25.7 Å². The molecule has 25 heavy (non-hydrogen) atoms. The maximum Gasteiger partial charge on any atom is 0.227 e. The molecule has 136 valence electrons. The molecule has 5 nitrogen and oxygen atoms in total. The first-order valence-electron chi connectivity index (χ1n) is 9.14. The summed E-state index contributed by atoms with van der Waals surface area (Å²) < 4.78 is 0. The summed E-state index contributed by atoms with van der Waals surface area (Å²) in [5, 5.41) is 0.678. The summed E-state index contributed by atoms with van der Waals surface area (Å²) >= 11 is 5.87. The Bertz CT molecular complexity index is 591. The number of hydrogen-bond acceptors (Lipinski definition) is 3. The first-order valence-corrected chi connectivity index (χ1v) is 9.52. The van der Waals surface area contributed by atoms with Crippen molar-refractivity contribution in [1.82, 2.24) is 14.7 Å². The maximum atomic E-state index is 12.4. The molecule has 2 fully saturated rings. The second-order valence-electron chi connectivity index (χ2n) is 6.86. The molecular weight excluding hydrogens is 338 g/mol. The standard InChI is InChI=1S/C19H26ClN3O2/c20-17-5-3-16(4-6-17)15-19(25)23-13-11-22(12-14-23)18(24)7-10-21-8-1-2-9-21/h3-6H,1-2,7-15H2. The Balaban J connectivity index is 1.40. The third-order valence-corrected chi connectivity index (χ3v) is 5.35. The van der Waals surface area contributed by atoms with Crippen molar-refractivity contribution in [2.75, 3.05) is 45.8 Å². The fourth-order valence-corrected chi connectivity index (χ4v) is 3.64. The Labute approximate surface area is 154 Å². The van der Waals surface area contributed by atoms with E-state index in [1.807, 2.05) is 21.9 Å². The molecule has 2 amide bonds. The lowest BCUT2D eigenvalue weighted by molar-refractivity contribution is -0.139. The zero-order chi connectivity index (χ0) is 17.6. The molecule has 2 heterocycles. The topological polar surface area (TPSA) is 43.9 Å². The molecule has 0 spiro atoms. The number of likely N-dealkylation sites (tertiary alicyclic amines) is 1. The molecule has 0 radical (unpaired) electrons. The van der Waals surface area contributed by atoms with Gasteiger partial charge in [0.25, 0.3) is 0 Å². The van der Waals surface area contributed by atoms with E-state index in [4.69, 9.17) is 11.6 Å². The largest absolute Gasteiger partial charge is 0.339 e. The number of carbonyl (C=O) groups excluding carboxylic acids is 2. The quantitative estimate of drug-likeness (QED) is 0.804. The van der Waals surface area contributed by atoms with Gasteiger partial charge < -0.3 is 14.7 Å². The Morgan fingerprint density at radius 1 is 0.840 bits per heavy atom. The summed E-state index contributed by atoms with van der Waals surface area (Å²) in [7, 11) is 0. The lowest BCUT2D eigenvalue weighted by atomic mass is 10.1. The van der Waals surface area contributed by atoms with Crippen LogP contribution in [0.15, 0.2) is 24.3 Å². The summed E-state index contributed by atoms with van der Waals surface area (Å²) in [6, 6.07) is 7.39. The Hall–Kier alpha value is -1.59. The Kier molecular flexibility index (Phi) is 6.32. The van der Waals surface area contributed by atoms with Gasteiger partial charge in [-0.3, -0.25) is 9.59 Å². The van der Waals surface area contributed by atoms with Crippen LogP contribution in [0.4, 0.5) is 0 Å². The van der Waals surface area contributed by atoms with Gasteiger partial charge >= 0.3 is 0 Å². The fraction of sp³-hybridized carbons (Fsp3) is 0.579. The summed E-state index contributed by atoms with van der Waals surface area (Å²) in [6.07, 6.45) is 3.49. The lowest BCUT2D eigenvalue weighted by Gasteiger charge is -2.35. The highest BCUT2D eigenvalue weighted by Crippen LogP contribution is 2.13. The zero-order valence-electron chi connectivity index (χ0n) is 14.6. The summed E-state index contributed by atoms with van der Waals surface area (Å²) in [5.41, 5.74) is 0.971. The van der Waals surface area contributed by atoms with Gasteiger partial charge in [-0.25, -0.2) is 0 Å². The van der Waals surface area contributed by atoms with E-state index in [2.05, 4.69) is 4.90 Å². The number of nitrogens with zero attached hydrogens (tertiary/aromatic N) is 3. The van der Waals surface area contributed by atoms with Gasteiger partial charge in [0.2, 0.25) is 11.8 Å². The van der Waals surface area contributed by atoms with E-state index in [0.29, 0.717) is 44.0 Å². The number of piperazine rings is 1. The molecule has 0 atom stereocenters. The van der Waals surface area contributed by atoms with Gasteiger partial charge in [-0.05, 0) is 43.6 Å². The monoisotopic (exact) mass is 363 g/mol. The molecule has 2 saturated heterocycles. The van der Waals surface area contributed by atoms with Gasteiger partial charge in [-0.15, -0.1) is 0 Å². The van der Waals surface area contributed by atoms with E-state index in [0.717, 1.165) is 25.2 Å². The van der Waals surface area contributed by atoms with Crippen molar-refractivity contribution >= 4 is 23.4 Å². The minimum atomic E-state index is 0.117. The number of halogens is 1. The number of hydrogen-bond donors (Lipinski definition) is 0. The van der Waals surface area contributed by atoms with Crippen molar-refractivity contribution in [3.8, 4) is 0 Å². The number of carbonyl (C=O) groups is 2. The number of rotatable bonds is 5. The first-order chi connectivity index (χ1) is 12.1. The smallest absolute Gasteiger partial charge is 0.227 e. The predicted molar refractivity (Wildman–Crippen MR) is 98.6 cm³/mol. The molecule has 1 aromatic rings. The van der Waals surface area contributed by atoms with Gasteiger partial charge in [-0.2, -0.15) is 0 Å². The zero-order valence-corrected chi connectivity index (χ0v) is 15.4. The highest BCUT2D eigenvalue weighted by molar-refractivity contribution is 6.30. The van der Waals surface area contributed by atoms with Gasteiger partial charge in [0.1, 0.15) is 0 Å². The minimum Gasteiger partial charge on any atom is -0.339 e. The van der Waals surface area contributed by atoms with Crippen LogP contribution in [0, 0.1) is 0 Å². The van der Waals surface area contributed by atoms with Crippen LogP contribution >= 0.6 is 11.6 Å². The van der Waals surface area contributed by atoms with E-state index < -0.39 is 0 Å². The van der Waals surface area contributed by atoms with Crippen molar-refractivity contribution in [2.24, 2.45) is 0 Å². The molecule has 0 aromatic heterocycles. The van der Waals surface area contributed by atoms with Crippen LogP contribution in [0.2, 0.25) is 5.02 Å². The normalized spacial score (nSPS) is 18.6. The Morgan fingerprint density at radius 3 is 2.00 bits per heavy atom. The van der Waals surface area contributed by atoms with Crippen LogP contribution in [-0.2, 0) is 16.0 Å². The van der Waals surface area contributed by atoms with Gasteiger partial charge in [-0.1, -0.05) is 23.7 Å². The Morgan fingerprint density at radius 2 is 1.40 bits per heavy atom. The first kappa shape index (κ1) is 18.2. The molecular formula is C19H26ClN3O2. The third-order valence-electron chi connectivity index (χ3n) is 5.09. The van der Waals surface area contributed by atoms with Crippen molar-refractivity contribution in [3.63, 3.8) is 0 Å². The molecule has 6 heteroatoms. The van der Waals surface area contributed by atoms with Crippen LogP contribution in [0.1, 0.15) is 24.8 Å². The summed E-state index contributed by atoms with van der Waals surface area (Å²) in [6.45, 7) is 5.66. The lowest BCUT2D eigenvalue weighted by Crippen LogP contribution is -2.51. The minimum absolute atomic E-state index is 0.117. The SMILES string of the molecule is O=C(CCN1CCCC1)N1CCN(C(=O)Cc2ccc(Cl)cc2)CC1. The van der Waals surface area contributed by atoms with Crippen LogP contribution < -0.4 is 0 Å². The highest BCUT2D eigenvalue weighted by Gasteiger charge is 2.24. The molecule has 2 aliphatic heterocycles. The van der Waals surface area contributed by atoms with E-state index in [1.165, 1.54) is 12.8 Å². The van der Waals surface area contributed by atoms with Crippen LogP contribution in [-0.4, -0.2) is 72.3 Å². The summed E-state index contributed by atoms with van der Waals surface area (Å²) in [5.74, 6) is 0.336. The molecule has 1 aromatic carbocycles. The molecule has 0 bridgehead atoms. The number of benzene rings is 1. The average Bonchev–Trinajstić information content (AvgIpc) is 3.15. The van der Waals surface area contributed by atoms with Crippen molar-refractivity contribution in [1.29, 1.82) is 0 Å². The highest BCUT2D eigenvalue weighted by atomic mass is 35.5. The fourth-order valence-electron chi connectivity index (χ4n) is 3.51. The number of amides is 2. The van der Waals surface area contributed by atoms with E-state index in [1.54, 1.807) is 12.1 Å². The molecule has 0 unspecified atom stereocenters. The third kappa shape index (κ3) is 5.19. The predicted octanol–water partition coefficient (Wildman–Crippen LogP) is 2.04. The van der Waals surface area contributed by atoms with Crippen LogP contribution in [0.3, 0.4) is 0 Å². The molecule has 0 N–H and O–H groups in total. The average molecular weight is 364 g/mol. The van der Waals surface area contributed by atoms with Crippen molar-refractivity contribution in [3.05, 3.63) is 34.9 Å². The maximum absolute atomic E-state index is 12.4. The van der Waals surface area contributed by atoms with E-state index in [-0.39, 0.29) is 11.8 Å². The van der Waals surface area contributed by atoms with Gasteiger partial charge in [0.15, 0.2) is 0 Å². The second kappa shape index (κ2) is 8.68. The molecule has 0 saturated carbocycles. The molecule has 3 rings (SSSR count). The van der Waals surface area contributed by atoms with Crippen molar-refractivity contribution < 1.29 is 9.59 Å². The molecule has 2 aliphatic rings. The molecule has 0 aliphatic carbocycles. The summed E-state index contributed by atoms with van der Waals surface area (Å²) in [4.78, 5) is 30.9. The van der Waals surface area contributed by atoms with E-state index >= 15 is 0 Å². The van der Waals surface area contributed by atoms with Gasteiger partial charge in [0, 0.05) is 44.2 Å². The van der Waals surface area contributed by atoms with Crippen LogP contribution in [0.25, 0.3) is 0 Å².